The summed E-state index contributed by atoms with van der Waals surface area (Å²) in [5.41, 5.74) is 14.8. The van der Waals surface area contributed by atoms with Crippen LogP contribution in [0.4, 0.5) is 0 Å². The summed E-state index contributed by atoms with van der Waals surface area (Å²) in [4.78, 5) is 0. The maximum atomic E-state index is 2.53. The minimum absolute atomic E-state index is 1.04. The Labute approximate surface area is 246 Å². The van der Waals surface area contributed by atoms with Gasteiger partial charge in [0.25, 0.3) is 0 Å². The van der Waals surface area contributed by atoms with Gasteiger partial charge in [-0.05, 0) is 0 Å². The summed E-state index contributed by atoms with van der Waals surface area (Å²) in [7, 11) is 0. The second-order valence-corrected chi connectivity index (χ2v) is 17.9. The molecule has 0 saturated heterocycles. The second-order valence-electron chi connectivity index (χ2n) is 11.7. The van der Waals surface area contributed by atoms with E-state index in [0.717, 1.165) is 22.3 Å². The molecule has 0 radical (unpaired) electrons. The second kappa shape index (κ2) is 10.1. The summed E-state index contributed by atoms with van der Waals surface area (Å²) in [6.45, 7) is 0. The fourth-order valence-corrected chi connectivity index (χ4v) is 16.2. The minimum atomic E-state index is -3.19. The van der Waals surface area contributed by atoms with E-state index in [-0.39, 0.29) is 0 Å². The normalized spacial score (nSPS) is 12.9. The molecule has 0 bridgehead atoms. The first-order valence-electron chi connectivity index (χ1n) is 14.8. The number of hydrogen-bond donors (Lipinski definition) is 0. The summed E-state index contributed by atoms with van der Waals surface area (Å²) in [6, 6.07) is 55.3. The molecule has 0 saturated carbocycles. The van der Waals surface area contributed by atoms with Crippen molar-refractivity contribution >= 4 is 7.74 Å². The van der Waals surface area contributed by atoms with Crippen molar-refractivity contribution in [3.63, 3.8) is 0 Å². The third kappa shape index (κ3) is 4.17. The molecule has 41 heavy (non-hydrogen) atoms. The molecule has 0 atom stereocenters. The van der Waals surface area contributed by atoms with Crippen molar-refractivity contribution in [3.8, 4) is 22.3 Å². The first-order chi connectivity index (χ1) is 20.3. The van der Waals surface area contributed by atoms with Crippen LogP contribution in [-0.4, -0.2) is 0 Å². The van der Waals surface area contributed by atoms with E-state index >= 15 is 0 Å². The van der Waals surface area contributed by atoms with Gasteiger partial charge < -0.3 is 0 Å². The van der Waals surface area contributed by atoms with E-state index in [0.29, 0.717) is 0 Å². The van der Waals surface area contributed by atoms with Gasteiger partial charge in [0.05, 0.1) is 0 Å². The standard InChI is InChI=1S/2C13H9.2C7H7.Ti/c2*1-3-7-12-10(5-1)9-11-6-2-4-8-13(11)12;2*1-7-5-3-2-4-6-7;/h2*1-5,7-8H,9H2;2*2-6H,1H2;. The molecule has 0 heterocycles. The first-order valence-corrected chi connectivity index (χ1v) is 18.6. The molecule has 0 aliphatic heterocycles. The van der Waals surface area contributed by atoms with Gasteiger partial charge in [-0.1, -0.05) is 0 Å². The Kier molecular flexibility index (Phi) is 6.14. The number of fused-ring (bicyclic) bond motifs is 6. The molecule has 1 heteroatoms. The number of benzene rings is 6. The van der Waals surface area contributed by atoms with Crippen LogP contribution in [-0.2, 0) is 38.9 Å². The predicted molar refractivity (Wildman–Crippen MR) is 169 cm³/mol. The molecule has 0 fully saturated rings. The van der Waals surface area contributed by atoms with Crippen LogP contribution in [0.1, 0.15) is 33.4 Å². The molecule has 2 aliphatic rings. The summed E-state index contributed by atoms with van der Waals surface area (Å²) >= 11 is -3.19. The molecule has 0 aromatic heterocycles. The van der Waals surface area contributed by atoms with Crippen molar-refractivity contribution in [2.24, 2.45) is 0 Å². The Morgan fingerprint density at radius 2 is 0.756 bits per heavy atom. The van der Waals surface area contributed by atoms with Gasteiger partial charge in [0, 0.05) is 0 Å². The molecular formula is C40H32Ti. The van der Waals surface area contributed by atoms with Crippen LogP contribution in [0.15, 0.2) is 146 Å². The van der Waals surface area contributed by atoms with E-state index in [1.807, 2.05) is 0 Å². The Bertz CT molecular complexity index is 1740. The Morgan fingerprint density at radius 1 is 0.366 bits per heavy atom. The van der Waals surface area contributed by atoms with Gasteiger partial charge in [-0.3, -0.25) is 0 Å². The molecule has 6 aromatic carbocycles. The van der Waals surface area contributed by atoms with Gasteiger partial charge in [-0.15, -0.1) is 0 Å². The number of rotatable bonds is 6. The topological polar surface area (TPSA) is 0 Å². The van der Waals surface area contributed by atoms with Crippen molar-refractivity contribution in [2.45, 2.75) is 22.3 Å². The molecule has 196 valence electrons. The molecule has 6 aromatic rings. The molecule has 0 amide bonds. The predicted octanol–water partition coefficient (Wildman–Crippen LogP) is 8.33. The van der Waals surface area contributed by atoms with E-state index in [1.165, 1.54) is 44.5 Å². The number of hydrogen-bond acceptors (Lipinski definition) is 0. The van der Waals surface area contributed by atoms with Crippen molar-refractivity contribution in [3.05, 3.63) is 179 Å². The monoisotopic (exact) mass is 560 g/mol. The Hall–Kier alpha value is -3.97. The zero-order valence-electron chi connectivity index (χ0n) is 23.2. The van der Waals surface area contributed by atoms with Crippen LogP contribution in [0.25, 0.3) is 22.3 Å². The molecule has 0 unspecified atom stereocenters. The average Bonchev–Trinajstić information content (AvgIpc) is 3.60. The molecule has 0 nitrogen and oxygen atoms in total. The SMILES string of the molecule is c1ccc([CH2][Ti]([CH2]c2ccccc2)([c]2cccc3c2Cc2ccccc2-3)[c]2cccc3c2Cc2ccccc2-3)cc1. The van der Waals surface area contributed by atoms with Crippen LogP contribution in [0, 0.1) is 0 Å². The van der Waals surface area contributed by atoms with E-state index in [9.17, 15) is 0 Å². The summed E-state index contributed by atoms with van der Waals surface area (Å²) in [5, 5.41) is 0. The molecule has 0 spiro atoms. The van der Waals surface area contributed by atoms with Crippen LogP contribution < -0.4 is 7.74 Å². The van der Waals surface area contributed by atoms with E-state index < -0.39 is 16.6 Å². The van der Waals surface area contributed by atoms with Gasteiger partial charge in [-0.25, -0.2) is 0 Å². The fraction of sp³-hybridized carbons (Fsp3) is 0.100. The van der Waals surface area contributed by atoms with E-state index in [2.05, 4.69) is 146 Å². The van der Waals surface area contributed by atoms with Crippen LogP contribution in [0.5, 0.6) is 0 Å². The third-order valence-corrected chi connectivity index (χ3v) is 17.3. The molecule has 2 aliphatic carbocycles. The van der Waals surface area contributed by atoms with Crippen LogP contribution in [0.3, 0.4) is 0 Å². The van der Waals surface area contributed by atoms with Crippen LogP contribution >= 0.6 is 0 Å². The average molecular weight is 561 g/mol. The summed E-state index contributed by atoms with van der Waals surface area (Å²) in [5.74, 6) is 0. The van der Waals surface area contributed by atoms with E-state index in [4.69, 9.17) is 0 Å². The fourth-order valence-electron chi connectivity index (χ4n) is 7.69. The van der Waals surface area contributed by atoms with Crippen molar-refractivity contribution in [2.75, 3.05) is 0 Å². The summed E-state index contributed by atoms with van der Waals surface area (Å²) < 4.78 is 5.59. The maximum absolute atomic E-state index is 3.19. The Balaban J connectivity index is 1.43. The van der Waals surface area contributed by atoms with E-state index in [1.54, 1.807) is 18.9 Å². The van der Waals surface area contributed by atoms with Gasteiger partial charge in [0.15, 0.2) is 0 Å². The zero-order chi connectivity index (χ0) is 27.2. The molecule has 8 rings (SSSR count). The first kappa shape index (κ1) is 24.8. The van der Waals surface area contributed by atoms with Crippen molar-refractivity contribution < 1.29 is 16.6 Å². The van der Waals surface area contributed by atoms with Gasteiger partial charge >= 0.3 is 248 Å². The zero-order valence-corrected chi connectivity index (χ0v) is 24.7. The van der Waals surface area contributed by atoms with Gasteiger partial charge in [0.2, 0.25) is 0 Å². The molecule has 0 N–H and O–H groups in total. The van der Waals surface area contributed by atoms with Crippen molar-refractivity contribution in [1.29, 1.82) is 0 Å². The molecular weight excluding hydrogens is 528 g/mol. The van der Waals surface area contributed by atoms with Crippen molar-refractivity contribution in [1.82, 2.24) is 0 Å². The summed E-state index contributed by atoms with van der Waals surface area (Å²) in [6.07, 6.45) is 2.07. The van der Waals surface area contributed by atoms with Gasteiger partial charge in [0.1, 0.15) is 0 Å². The Morgan fingerprint density at radius 3 is 1.22 bits per heavy atom. The van der Waals surface area contributed by atoms with Gasteiger partial charge in [-0.2, -0.15) is 0 Å². The third-order valence-electron chi connectivity index (χ3n) is 9.43. The van der Waals surface area contributed by atoms with Crippen LogP contribution in [0.2, 0.25) is 0 Å². The quantitative estimate of drug-likeness (QED) is 0.179.